The minimum absolute atomic E-state index is 0.00834. The molecule has 0 spiro atoms. The summed E-state index contributed by atoms with van der Waals surface area (Å²) in [6.07, 6.45) is 1.60. The predicted molar refractivity (Wildman–Crippen MR) is 73.9 cm³/mol. The van der Waals surface area contributed by atoms with Crippen LogP contribution in [0, 0.1) is 0 Å². The Bertz CT molecular complexity index is 602. The second-order valence-corrected chi connectivity index (χ2v) is 4.73. The van der Waals surface area contributed by atoms with Crippen molar-refractivity contribution in [3.8, 4) is 5.75 Å². The first-order valence-electron chi connectivity index (χ1n) is 5.49. The molecule has 1 aromatic carbocycles. The van der Waals surface area contributed by atoms with Crippen molar-refractivity contribution >= 4 is 17.6 Å². The third kappa shape index (κ3) is 3.17. The SMILES string of the molecule is COc1cccc(Sc2cccnc2/C(N)=N/O)c1. The molecule has 3 N–H and O–H groups in total. The summed E-state index contributed by atoms with van der Waals surface area (Å²) in [6, 6.07) is 11.3. The lowest BCUT2D eigenvalue weighted by atomic mass is 10.3. The highest BCUT2D eigenvalue weighted by molar-refractivity contribution is 7.99. The van der Waals surface area contributed by atoms with Gasteiger partial charge in [-0.3, -0.25) is 4.98 Å². The van der Waals surface area contributed by atoms with Gasteiger partial charge in [-0.15, -0.1) is 0 Å². The lowest BCUT2D eigenvalue weighted by Gasteiger charge is -2.07. The summed E-state index contributed by atoms with van der Waals surface area (Å²) in [5, 5.41) is 11.7. The topological polar surface area (TPSA) is 80.7 Å². The number of methoxy groups -OCH3 is 1. The molecule has 5 nitrogen and oxygen atoms in total. The van der Waals surface area contributed by atoms with Crippen LogP contribution in [0.3, 0.4) is 0 Å². The number of oxime groups is 1. The number of amidine groups is 1. The van der Waals surface area contributed by atoms with E-state index < -0.39 is 0 Å². The first kappa shape index (κ1) is 13.2. The van der Waals surface area contributed by atoms with Gasteiger partial charge in [-0.2, -0.15) is 0 Å². The van der Waals surface area contributed by atoms with E-state index in [4.69, 9.17) is 15.7 Å². The van der Waals surface area contributed by atoms with E-state index in [9.17, 15) is 0 Å². The summed E-state index contributed by atoms with van der Waals surface area (Å²) in [6.45, 7) is 0. The summed E-state index contributed by atoms with van der Waals surface area (Å²) in [5.74, 6) is 0.769. The highest BCUT2D eigenvalue weighted by Crippen LogP contribution is 2.31. The molecule has 0 saturated carbocycles. The summed E-state index contributed by atoms with van der Waals surface area (Å²) < 4.78 is 5.17. The van der Waals surface area contributed by atoms with Crippen LogP contribution >= 0.6 is 11.8 Å². The van der Waals surface area contributed by atoms with E-state index in [1.54, 1.807) is 19.4 Å². The molecule has 2 rings (SSSR count). The Morgan fingerprint density at radius 1 is 1.37 bits per heavy atom. The zero-order valence-corrected chi connectivity index (χ0v) is 11.1. The first-order chi connectivity index (χ1) is 9.24. The van der Waals surface area contributed by atoms with Crippen molar-refractivity contribution in [1.29, 1.82) is 0 Å². The van der Waals surface area contributed by atoms with Crippen molar-refractivity contribution in [2.75, 3.05) is 7.11 Å². The number of pyridine rings is 1. The fourth-order valence-corrected chi connectivity index (χ4v) is 2.48. The van der Waals surface area contributed by atoms with Crippen LogP contribution in [0.25, 0.3) is 0 Å². The van der Waals surface area contributed by atoms with Crippen molar-refractivity contribution in [3.05, 3.63) is 48.3 Å². The van der Waals surface area contributed by atoms with Gasteiger partial charge in [-0.25, -0.2) is 0 Å². The number of nitrogens with two attached hydrogens (primary N) is 1. The summed E-state index contributed by atoms with van der Waals surface area (Å²) in [5.41, 5.74) is 6.06. The van der Waals surface area contributed by atoms with Crippen LogP contribution in [0.5, 0.6) is 5.75 Å². The number of hydrogen-bond acceptors (Lipinski definition) is 5. The van der Waals surface area contributed by atoms with Gasteiger partial charge in [0.15, 0.2) is 5.84 Å². The third-order valence-electron chi connectivity index (χ3n) is 2.39. The van der Waals surface area contributed by atoms with Crippen molar-refractivity contribution in [3.63, 3.8) is 0 Å². The highest BCUT2D eigenvalue weighted by atomic mass is 32.2. The number of rotatable bonds is 4. The highest BCUT2D eigenvalue weighted by Gasteiger charge is 2.09. The maximum atomic E-state index is 8.75. The molecule has 0 aliphatic carbocycles. The molecular formula is C13H13N3O2S. The largest absolute Gasteiger partial charge is 0.497 e. The molecule has 0 atom stereocenters. The smallest absolute Gasteiger partial charge is 0.189 e. The average Bonchev–Trinajstić information content (AvgIpc) is 2.47. The molecule has 0 aliphatic heterocycles. The van der Waals surface area contributed by atoms with Crippen LogP contribution in [-0.2, 0) is 0 Å². The van der Waals surface area contributed by atoms with Crippen LogP contribution in [0.1, 0.15) is 5.69 Å². The van der Waals surface area contributed by atoms with Crippen molar-refractivity contribution in [2.45, 2.75) is 9.79 Å². The summed E-state index contributed by atoms with van der Waals surface area (Å²) in [7, 11) is 1.62. The molecule has 0 fully saturated rings. The molecule has 0 amide bonds. The van der Waals surface area contributed by atoms with Crippen LogP contribution < -0.4 is 10.5 Å². The zero-order chi connectivity index (χ0) is 13.7. The van der Waals surface area contributed by atoms with E-state index >= 15 is 0 Å². The summed E-state index contributed by atoms with van der Waals surface area (Å²) >= 11 is 1.47. The zero-order valence-electron chi connectivity index (χ0n) is 10.3. The maximum absolute atomic E-state index is 8.75. The van der Waals surface area contributed by atoms with Crippen LogP contribution in [0.15, 0.2) is 57.5 Å². The summed E-state index contributed by atoms with van der Waals surface area (Å²) in [4.78, 5) is 5.92. The molecule has 0 saturated heterocycles. The van der Waals surface area contributed by atoms with Gasteiger partial charge < -0.3 is 15.7 Å². The molecule has 6 heteroatoms. The number of aromatic nitrogens is 1. The number of nitrogens with zero attached hydrogens (tertiary/aromatic N) is 2. The van der Waals surface area contributed by atoms with Crippen molar-refractivity contribution in [1.82, 2.24) is 4.98 Å². The van der Waals surface area contributed by atoms with E-state index in [2.05, 4.69) is 10.1 Å². The Hall–Kier alpha value is -2.21. The lowest BCUT2D eigenvalue weighted by Crippen LogP contribution is -2.15. The normalized spacial score (nSPS) is 11.3. The Morgan fingerprint density at radius 2 is 2.21 bits per heavy atom. The van der Waals surface area contributed by atoms with E-state index in [1.165, 1.54) is 11.8 Å². The molecular weight excluding hydrogens is 262 g/mol. The van der Waals surface area contributed by atoms with Crippen molar-refractivity contribution in [2.24, 2.45) is 10.9 Å². The molecule has 0 bridgehead atoms. The van der Waals surface area contributed by atoms with E-state index in [-0.39, 0.29) is 5.84 Å². The Kier molecular flexibility index (Phi) is 4.25. The molecule has 98 valence electrons. The van der Waals surface area contributed by atoms with Gasteiger partial charge in [-0.05, 0) is 30.3 Å². The monoisotopic (exact) mass is 275 g/mol. The third-order valence-corrected chi connectivity index (χ3v) is 3.43. The van der Waals surface area contributed by atoms with Gasteiger partial charge in [0.2, 0.25) is 0 Å². The Morgan fingerprint density at radius 3 is 2.95 bits per heavy atom. The number of ether oxygens (including phenoxy) is 1. The van der Waals surface area contributed by atoms with Crippen LogP contribution in [-0.4, -0.2) is 23.1 Å². The number of benzene rings is 1. The van der Waals surface area contributed by atoms with Crippen LogP contribution in [0.4, 0.5) is 0 Å². The van der Waals surface area contributed by atoms with E-state index in [1.807, 2.05) is 30.3 Å². The minimum Gasteiger partial charge on any atom is -0.497 e. The van der Waals surface area contributed by atoms with Crippen LogP contribution in [0.2, 0.25) is 0 Å². The molecule has 0 aliphatic rings. The maximum Gasteiger partial charge on any atom is 0.189 e. The molecule has 0 radical (unpaired) electrons. The second kappa shape index (κ2) is 6.10. The first-order valence-corrected chi connectivity index (χ1v) is 6.31. The van der Waals surface area contributed by atoms with Gasteiger partial charge in [-0.1, -0.05) is 23.0 Å². The van der Waals surface area contributed by atoms with Gasteiger partial charge in [0.25, 0.3) is 0 Å². The van der Waals surface area contributed by atoms with E-state index in [0.717, 1.165) is 15.5 Å². The lowest BCUT2D eigenvalue weighted by molar-refractivity contribution is 0.318. The predicted octanol–water partition coefficient (Wildman–Crippen LogP) is 2.34. The molecule has 0 unspecified atom stereocenters. The number of hydrogen-bond donors (Lipinski definition) is 2. The van der Waals surface area contributed by atoms with Gasteiger partial charge >= 0.3 is 0 Å². The van der Waals surface area contributed by atoms with Gasteiger partial charge in [0.05, 0.1) is 7.11 Å². The molecule has 2 aromatic rings. The Balaban J connectivity index is 2.33. The second-order valence-electron chi connectivity index (χ2n) is 3.62. The van der Waals surface area contributed by atoms with E-state index in [0.29, 0.717) is 5.69 Å². The molecule has 1 aromatic heterocycles. The standard InChI is InChI=1S/C13H13N3O2S/c1-18-9-4-2-5-10(8-9)19-11-6-3-7-15-12(11)13(14)16-17/h2-8,17H,1H3,(H2,14,16). The average molecular weight is 275 g/mol. The molecule has 1 heterocycles. The fourth-order valence-electron chi connectivity index (χ4n) is 1.50. The fraction of sp³-hybridized carbons (Fsp3) is 0.0769. The quantitative estimate of drug-likeness (QED) is 0.387. The minimum atomic E-state index is -0.00834. The van der Waals surface area contributed by atoms with Gasteiger partial charge in [0.1, 0.15) is 11.4 Å². The molecule has 19 heavy (non-hydrogen) atoms. The van der Waals surface area contributed by atoms with Gasteiger partial charge in [0, 0.05) is 16.0 Å². The van der Waals surface area contributed by atoms with Crippen molar-refractivity contribution < 1.29 is 9.94 Å². The Labute approximate surface area is 115 Å².